The van der Waals surface area contributed by atoms with Crippen molar-refractivity contribution in [3.8, 4) is 0 Å². The third-order valence-corrected chi connectivity index (χ3v) is 4.85. The summed E-state index contributed by atoms with van der Waals surface area (Å²) in [6.45, 7) is 6.71. The lowest BCUT2D eigenvalue weighted by Gasteiger charge is -2.30. The predicted octanol–water partition coefficient (Wildman–Crippen LogP) is 1.07. The van der Waals surface area contributed by atoms with Crippen molar-refractivity contribution in [2.45, 2.75) is 57.9 Å². The first-order chi connectivity index (χ1) is 11.2. The highest BCUT2D eigenvalue weighted by Crippen LogP contribution is 2.17. The summed E-state index contributed by atoms with van der Waals surface area (Å²) in [5.41, 5.74) is 5.43. The minimum atomic E-state index is -0.150. The maximum atomic E-state index is 11.3. The Kier molecular flexibility index (Phi) is 7.65. The molecule has 4 N–H and O–H groups in total. The van der Waals surface area contributed by atoms with Crippen LogP contribution in [0.25, 0.3) is 0 Å². The average molecular weight is 323 g/mol. The van der Waals surface area contributed by atoms with Gasteiger partial charge in [0.15, 0.2) is 5.96 Å². The zero-order valence-electron chi connectivity index (χ0n) is 14.5. The van der Waals surface area contributed by atoms with Gasteiger partial charge in [0.25, 0.3) is 0 Å². The van der Waals surface area contributed by atoms with Crippen LogP contribution >= 0.6 is 0 Å². The van der Waals surface area contributed by atoms with E-state index in [1.165, 1.54) is 25.7 Å². The molecule has 0 spiro atoms. The highest BCUT2D eigenvalue weighted by Gasteiger charge is 2.23. The van der Waals surface area contributed by atoms with Gasteiger partial charge in [-0.25, -0.2) is 0 Å². The van der Waals surface area contributed by atoms with Gasteiger partial charge in [-0.15, -0.1) is 0 Å². The zero-order chi connectivity index (χ0) is 16.5. The molecule has 0 aromatic carbocycles. The zero-order valence-corrected chi connectivity index (χ0v) is 14.5. The van der Waals surface area contributed by atoms with Crippen molar-refractivity contribution in [3.05, 3.63) is 0 Å². The molecular weight excluding hydrogens is 290 g/mol. The van der Waals surface area contributed by atoms with Gasteiger partial charge in [-0.3, -0.25) is 9.79 Å². The molecule has 0 bridgehead atoms. The van der Waals surface area contributed by atoms with Crippen LogP contribution in [0.1, 0.15) is 51.9 Å². The molecule has 132 valence electrons. The van der Waals surface area contributed by atoms with Crippen molar-refractivity contribution in [2.75, 3.05) is 32.7 Å². The number of rotatable bonds is 7. The Labute approximate surface area is 140 Å². The first kappa shape index (κ1) is 18.0. The van der Waals surface area contributed by atoms with Crippen LogP contribution in [0.15, 0.2) is 4.99 Å². The maximum absolute atomic E-state index is 11.3. The summed E-state index contributed by atoms with van der Waals surface area (Å²) >= 11 is 0. The number of carbonyl (C=O) groups is 1. The molecule has 1 amide bonds. The fourth-order valence-corrected chi connectivity index (χ4v) is 3.56. The van der Waals surface area contributed by atoms with Gasteiger partial charge in [-0.2, -0.15) is 0 Å². The van der Waals surface area contributed by atoms with E-state index in [0.29, 0.717) is 6.04 Å². The number of hydrogen-bond donors (Lipinski definition) is 3. The Morgan fingerprint density at radius 3 is 2.74 bits per heavy atom. The highest BCUT2D eigenvalue weighted by molar-refractivity contribution is 5.80. The number of aliphatic imine (C=N–C) groups is 1. The second-order valence-electron chi connectivity index (χ2n) is 6.78. The lowest BCUT2D eigenvalue weighted by molar-refractivity contribution is -0.123. The van der Waals surface area contributed by atoms with Gasteiger partial charge >= 0.3 is 0 Å². The molecule has 1 aliphatic heterocycles. The molecule has 0 aromatic rings. The van der Waals surface area contributed by atoms with Crippen molar-refractivity contribution in [2.24, 2.45) is 16.6 Å². The van der Waals surface area contributed by atoms with Crippen LogP contribution < -0.4 is 16.4 Å². The Balaban J connectivity index is 1.69. The third-order valence-electron chi connectivity index (χ3n) is 4.85. The van der Waals surface area contributed by atoms with Gasteiger partial charge in [-0.1, -0.05) is 12.8 Å². The number of primary amides is 1. The smallest absolute Gasteiger partial charge is 0.221 e. The van der Waals surface area contributed by atoms with Crippen LogP contribution in [0.3, 0.4) is 0 Å². The number of carbonyl (C=O) groups excluding carboxylic acids is 1. The Morgan fingerprint density at radius 1 is 1.26 bits per heavy atom. The number of likely N-dealkylation sites (tertiary alicyclic amines) is 1. The second-order valence-corrected chi connectivity index (χ2v) is 6.78. The van der Waals surface area contributed by atoms with Crippen molar-refractivity contribution >= 4 is 11.9 Å². The molecule has 2 rings (SSSR count). The Bertz CT molecular complexity index is 392. The number of piperidine rings is 1. The summed E-state index contributed by atoms with van der Waals surface area (Å²) in [6, 6.07) is 0.589. The Morgan fingerprint density at radius 2 is 2.04 bits per heavy atom. The minimum Gasteiger partial charge on any atom is -0.369 e. The molecule has 1 heterocycles. The number of amides is 1. The molecule has 6 nitrogen and oxygen atoms in total. The van der Waals surface area contributed by atoms with E-state index in [0.717, 1.165) is 57.9 Å². The minimum absolute atomic E-state index is 0.0357. The highest BCUT2D eigenvalue weighted by atomic mass is 16.1. The first-order valence-corrected chi connectivity index (χ1v) is 9.25. The van der Waals surface area contributed by atoms with E-state index in [4.69, 9.17) is 10.7 Å². The molecule has 1 atom stereocenters. The van der Waals surface area contributed by atoms with Gasteiger partial charge in [0, 0.05) is 25.7 Å². The standard InChI is InChI=1S/C17H33N5O/c1-2-19-17(21-15-8-3-4-9-15)20-10-6-12-22-11-5-7-14(13-22)16(18)23/h14-15H,2-13H2,1H3,(H2,18,23)(H2,19,20,21). The molecule has 0 radical (unpaired) electrons. The van der Waals surface area contributed by atoms with Crippen LogP contribution in [0, 0.1) is 5.92 Å². The van der Waals surface area contributed by atoms with Crippen LogP contribution in [-0.2, 0) is 4.79 Å². The van der Waals surface area contributed by atoms with Crippen LogP contribution in [0.2, 0.25) is 0 Å². The number of nitrogens with two attached hydrogens (primary N) is 1. The van der Waals surface area contributed by atoms with E-state index >= 15 is 0 Å². The van der Waals surface area contributed by atoms with E-state index in [2.05, 4.69) is 22.5 Å². The van der Waals surface area contributed by atoms with E-state index in [-0.39, 0.29) is 11.8 Å². The van der Waals surface area contributed by atoms with Crippen molar-refractivity contribution in [3.63, 3.8) is 0 Å². The average Bonchev–Trinajstić information content (AvgIpc) is 3.05. The normalized spacial score (nSPS) is 23.9. The molecule has 6 heteroatoms. The molecule has 1 saturated heterocycles. The molecule has 0 aromatic heterocycles. The summed E-state index contributed by atoms with van der Waals surface area (Å²) in [6.07, 6.45) is 8.20. The fraction of sp³-hybridized carbons (Fsp3) is 0.882. The lowest BCUT2D eigenvalue weighted by atomic mass is 9.97. The van der Waals surface area contributed by atoms with E-state index in [1.54, 1.807) is 0 Å². The molecule has 1 saturated carbocycles. The first-order valence-electron chi connectivity index (χ1n) is 9.25. The largest absolute Gasteiger partial charge is 0.369 e. The molecule has 2 aliphatic rings. The van der Waals surface area contributed by atoms with Crippen LogP contribution in [0.4, 0.5) is 0 Å². The fourth-order valence-electron chi connectivity index (χ4n) is 3.56. The summed E-state index contributed by atoms with van der Waals surface area (Å²) in [7, 11) is 0. The summed E-state index contributed by atoms with van der Waals surface area (Å²) in [5, 5.41) is 6.88. The maximum Gasteiger partial charge on any atom is 0.221 e. The summed E-state index contributed by atoms with van der Waals surface area (Å²) < 4.78 is 0. The predicted molar refractivity (Wildman–Crippen MR) is 94.3 cm³/mol. The van der Waals surface area contributed by atoms with Gasteiger partial charge in [0.1, 0.15) is 0 Å². The molecule has 2 fully saturated rings. The summed E-state index contributed by atoms with van der Waals surface area (Å²) in [4.78, 5) is 18.4. The molecule has 1 unspecified atom stereocenters. The number of hydrogen-bond acceptors (Lipinski definition) is 3. The van der Waals surface area contributed by atoms with E-state index in [1.807, 2.05) is 0 Å². The van der Waals surface area contributed by atoms with Crippen LogP contribution in [0.5, 0.6) is 0 Å². The summed E-state index contributed by atoms with van der Waals surface area (Å²) in [5.74, 6) is 0.838. The lowest BCUT2D eigenvalue weighted by Crippen LogP contribution is -2.43. The van der Waals surface area contributed by atoms with Crippen LogP contribution in [-0.4, -0.2) is 55.5 Å². The van der Waals surface area contributed by atoms with E-state index < -0.39 is 0 Å². The van der Waals surface area contributed by atoms with Gasteiger partial charge < -0.3 is 21.3 Å². The SMILES string of the molecule is CCNC(=NCCCN1CCCC(C(N)=O)C1)NC1CCCC1. The number of nitrogens with zero attached hydrogens (tertiary/aromatic N) is 2. The van der Waals surface area contributed by atoms with Gasteiger partial charge in [0.05, 0.1) is 5.92 Å². The van der Waals surface area contributed by atoms with Gasteiger partial charge in [-0.05, 0) is 52.1 Å². The molecule has 23 heavy (non-hydrogen) atoms. The quantitative estimate of drug-likeness (QED) is 0.372. The molecular formula is C17H33N5O. The van der Waals surface area contributed by atoms with E-state index in [9.17, 15) is 4.79 Å². The number of guanidine groups is 1. The molecule has 1 aliphatic carbocycles. The number of nitrogens with one attached hydrogen (secondary N) is 2. The van der Waals surface area contributed by atoms with Crippen molar-refractivity contribution < 1.29 is 4.79 Å². The van der Waals surface area contributed by atoms with Gasteiger partial charge in [0.2, 0.25) is 5.91 Å². The third kappa shape index (κ3) is 6.37. The second kappa shape index (κ2) is 9.75. The Hall–Kier alpha value is -1.30. The van der Waals surface area contributed by atoms with Crippen molar-refractivity contribution in [1.82, 2.24) is 15.5 Å². The monoisotopic (exact) mass is 323 g/mol. The topological polar surface area (TPSA) is 82.8 Å². The van der Waals surface area contributed by atoms with Crippen molar-refractivity contribution in [1.29, 1.82) is 0 Å².